The summed E-state index contributed by atoms with van der Waals surface area (Å²) in [5.74, 6) is -0.570. The first-order valence-corrected chi connectivity index (χ1v) is 5.11. The highest BCUT2D eigenvalue weighted by atomic mass is 16.4. The first-order valence-electron chi connectivity index (χ1n) is 5.11. The molecule has 0 amide bonds. The normalized spacial score (nSPS) is 29.6. The van der Waals surface area contributed by atoms with E-state index in [9.17, 15) is 4.79 Å². The van der Waals surface area contributed by atoms with Crippen molar-refractivity contribution < 1.29 is 9.90 Å². The van der Waals surface area contributed by atoms with E-state index in [0.29, 0.717) is 18.8 Å². The Balaban J connectivity index is 2.13. The average molecular weight is 205 g/mol. The molecule has 1 fully saturated rings. The molecule has 0 atom stereocenters. The van der Waals surface area contributed by atoms with Crippen LogP contribution in [0.4, 0.5) is 0 Å². The van der Waals surface area contributed by atoms with Gasteiger partial charge < -0.3 is 10.8 Å². The van der Waals surface area contributed by atoms with E-state index in [0.717, 1.165) is 0 Å². The number of rotatable bonds is 2. The molecule has 3 N–H and O–H groups in total. The smallest absolute Gasteiger partial charge is 0.323 e. The van der Waals surface area contributed by atoms with Crippen LogP contribution in [-0.4, -0.2) is 16.6 Å². The van der Waals surface area contributed by atoms with Crippen LogP contribution in [0.3, 0.4) is 0 Å². The Hall–Kier alpha value is -1.35. The van der Waals surface area contributed by atoms with E-state index in [-0.39, 0.29) is 0 Å². The fourth-order valence-electron chi connectivity index (χ4n) is 2.26. The second kappa shape index (κ2) is 3.35. The molecule has 0 spiro atoms. The summed E-state index contributed by atoms with van der Waals surface area (Å²) in [7, 11) is 0. The quantitative estimate of drug-likeness (QED) is 0.771. The molecule has 1 aromatic rings. The summed E-state index contributed by atoms with van der Waals surface area (Å²) < 4.78 is 0. The number of nitrogens with two attached hydrogens (primary N) is 1. The summed E-state index contributed by atoms with van der Waals surface area (Å²) in [6.07, 6.45) is 1.10. The van der Waals surface area contributed by atoms with Crippen molar-refractivity contribution in [3.8, 4) is 0 Å². The number of hydrogen-bond acceptors (Lipinski definition) is 2. The van der Waals surface area contributed by atoms with E-state index in [2.05, 4.69) is 6.07 Å². The molecule has 1 saturated carbocycles. The zero-order valence-electron chi connectivity index (χ0n) is 8.73. The topological polar surface area (TPSA) is 63.3 Å². The molecule has 2 rings (SSSR count). The minimum absolute atomic E-state index is 0.312. The van der Waals surface area contributed by atoms with Gasteiger partial charge >= 0.3 is 5.97 Å². The van der Waals surface area contributed by atoms with Crippen molar-refractivity contribution in [2.24, 2.45) is 5.73 Å². The van der Waals surface area contributed by atoms with Crippen LogP contribution in [-0.2, 0) is 4.79 Å². The summed E-state index contributed by atoms with van der Waals surface area (Å²) in [6, 6.07) is 8.08. The molecule has 0 heterocycles. The van der Waals surface area contributed by atoms with Crippen LogP contribution in [0, 0.1) is 6.92 Å². The molecule has 15 heavy (non-hydrogen) atoms. The molecule has 3 nitrogen and oxygen atoms in total. The number of carboxylic acids is 1. The van der Waals surface area contributed by atoms with Crippen LogP contribution < -0.4 is 5.73 Å². The van der Waals surface area contributed by atoms with Crippen molar-refractivity contribution >= 4 is 5.97 Å². The third kappa shape index (κ3) is 1.63. The van der Waals surface area contributed by atoms with E-state index in [1.807, 2.05) is 25.1 Å². The van der Waals surface area contributed by atoms with Crippen LogP contribution in [0.1, 0.15) is 29.9 Å². The highest BCUT2D eigenvalue weighted by Crippen LogP contribution is 2.44. The van der Waals surface area contributed by atoms with Crippen molar-refractivity contribution in [1.29, 1.82) is 0 Å². The summed E-state index contributed by atoms with van der Waals surface area (Å²) >= 11 is 0. The van der Waals surface area contributed by atoms with E-state index in [1.165, 1.54) is 11.1 Å². The molecule has 1 aliphatic carbocycles. The molecular formula is C12H15NO2. The molecule has 0 aromatic heterocycles. The highest BCUT2D eigenvalue weighted by Gasteiger charge is 2.47. The van der Waals surface area contributed by atoms with Gasteiger partial charge in [0.05, 0.1) is 0 Å². The van der Waals surface area contributed by atoms with Crippen molar-refractivity contribution in [3.63, 3.8) is 0 Å². The monoisotopic (exact) mass is 205 g/mol. The van der Waals surface area contributed by atoms with Crippen molar-refractivity contribution in [2.45, 2.75) is 31.2 Å². The molecule has 0 saturated heterocycles. The summed E-state index contributed by atoms with van der Waals surface area (Å²) in [4.78, 5) is 10.8. The number of carbonyl (C=O) groups is 1. The van der Waals surface area contributed by atoms with Gasteiger partial charge in [-0.15, -0.1) is 0 Å². The number of carboxylic acid groups (broad SMARTS) is 1. The van der Waals surface area contributed by atoms with E-state index < -0.39 is 11.5 Å². The Bertz CT molecular complexity index is 394. The SMILES string of the molecule is Cc1ccccc1C1CC(N)(C(=O)O)C1. The van der Waals surface area contributed by atoms with Crippen molar-refractivity contribution in [2.75, 3.05) is 0 Å². The predicted molar refractivity (Wildman–Crippen MR) is 57.7 cm³/mol. The molecule has 0 bridgehead atoms. The Morgan fingerprint density at radius 1 is 1.47 bits per heavy atom. The van der Waals surface area contributed by atoms with Gasteiger partial charge in [-0.05, 0) is 36.8 Å². The minimum Gasteiger partial charge on any atom is -0.480 e. The number of aliphatic carboxylic acids is 1. The summed E-state index contributed by atoms with van der Waals surface area (Å²) in [6.45, 7) is 2.05. The largest absolute Gasteiger partial charge is 0.480 e. The van der Waals surface area contributed by atoms with E-state index in [4.69, 9.17) is 10.8 Å². The van der Waals surface area contributed by atoms with Crippen LogP contribution in [0.5, 0.6) is 0 Å². The lowest BCUT2D eigenvalue weighted by Gasteiger charge is -2.42. The second-order valence-corrected chi connectivity index (χ2v) is 4.42. The molecule has 0 radical (unpaired) electrons. The van der Waals surface area contributed by atoms with Gasteiger partial charge in [0.15, 0.2) is 0 Å². The Labute approximate surface area is 88.9 Å². The average Bonchev–Trinajstić information content (AvgIpc) is 2.14. The molecule has 0 unspecified atom stereocenters. The van der Waals surface area contributed by atoms with Crippen LogP contribution in [0.2, 0.25) is 0 Å². The van der Waals surface area contributed by atoms with Gasteiger partial charge in [-0.25, -0.2) is 0 Å². The third-order valence-electron chi connectivity index (χ3n) is 3.28. The van der Waals surface area contributed by atoms with E-state index in [1.54, 1.807) is 0 Å². The molecule has 1 aromatic carbocycles. The Kier molecular flexibility index (Phi) is 2.27. The Morgan fingerprint density at radius 3 is 2.60 bits per heavy atom. The standard InChI is InChI=1S/C12H15NO2/c1-8-4-2-3-5-10(8)9-6-12(13,7-9)11(14)15/h2-5,9H,6-7,13H2,1H3,(H,14,15). The van der Waals surface area contributed by atoms with Gasteiger partial charge in [-0.2, -0.15) is 0 Å². The van der Waals surface area contributed by atoms with E-state index >= 15 is 0 Å². The van der Waals surface area contributed by atoms with Gasteiger partial charge in [0.1, 0.15) is 5.54 Å². The zero-order valence-corrected chi connectivity index (χ0v) is 8.73. The Morgan fingerprint density at radius 2 is 2.07 bits per heavy atom. The van der Waals surface area contributed by atoms with Crippen LogP contribution in [0.15, 0.2) is 24.3 Å². The van der Waals surface area contributed by atoms with Gasteiger partial charge in [0, 0.05) is 0 Å². The van der Waals surface area contributed by atoms with Crippen molar-refractivity contribution in [1.82, 2.24) is 0 Å². The fourth-order valence-corrected chi connectivity index (χ4v) is 2.26. The molecule has 0 aliphatic heterocycles. The molecule has 3 heteroatoms. The number of aryl methyl sites for hydroxylation is 1. The van der Waals surface area contributed by atoms with Gasteiger partial charge in [0.2, 0.25) is 0 Å². The lowest BCUT2D eigenvalue weighted by atomic mass is 9.65. The van der Waals surface area contributed by atoms with Crippen LogP contribution in [0.25, 0.3) is 0 Å². The summed E-state index contributed by atoms with van der Waals surface area (Å²) in [5.41, 5.74) is 7.18. The minimum atomic E-state index is -0.993. The molecular weight excluding hydrogens is 190 g/mol. The maximum Gasteiger partial charge on any atom is 0.323 e. The van der Waals surface area contributed by atoms with Gasteiger partial charge in [-0.3, -0.25) is 4.79 Å². The number of benzene rings is 1. The predicted octanol–water partition coefficient (Wildman–Crippen LogP) is 1.65. The highest BCUT2D eigenvalue weighted by molar-refractivity contribution is 5.80. The lowest BCUT2D eigenvalue weighted by Crippen LogP contribution is -2.57. The third-order valence-corrected chi connectivity index (χ3v) is 3.28. The maximum absolute atomic E-state index is 10.8. The van der Waals surface area contributed by atoms with Gasteiger partial charge in [0.25, 0.3) is 0 Å². The molecule has 80 valence electrons. The zero-order chi connectivity index (χ0) is 11.1. The maximum atomic E-state index is 10.8. The van der Waals surface area contributed by atoms with Crippen LogP contribution >= 0.6 is 0 Å². The molecule has 1 aliphatic rings. The van der Waals surface area contributed by atoms with Crippen molar-refractivity contribution in [3.05, 3.63) is 35.4 Å². The first kappa shape index (κ1) is 10.2. The first-order chi connectivity index (χ1) is 7.03. The number of hydrogen-bond donors (Lipinski definition) is 2. The second-order valence-electron chi connectivity index (χ2n) is 4.42. The summed E-state index contributed by atoms with van der Waals surface area (Å²) in [5, 5.41) is 8.90. The lowest BCUT2D eigenvalue weighted by molar-refractivity contribution is -0.147. The fraction of sp³-hybridized carbons (Fsp3) is 0.417. The van der Waals surface area contributed by atoms with Gasteiger partial charge in [-0.1, -0.05) is 24.3 Å².